The van der Waals surface area contributed by atoms with Crippen LogP contribution in [0, 0.1) is 0 Å². The Morgan fingerprint density at radius 1 is 1.14 bits per heavy atom. The van der Waals surface area contributed by atoms with E-state index >= 15 is 0 Å². The van der Waals surface area contributed by atoms with Crippen LogP contribution in [-0.2, 0) is 30.8 Å². The number of aryl methyl sites for hydroxylation is 1. The van der Waals surface area contributed by atoms with Gasteiger partial charge in [0.05, 0.1) is 4.90 Å². The van der Waals surface area contributed by atoms with Crippen molar-refractivity contribution in [3.8, 4) is 0 Å². The van der Waals surface area contributed by atoms with Gasteiger partial charge < -0.3 is 10.1 Å². The minimum Gasteiger partial charge on any atom is -0.453 e. The predicted molar refractivity (Wildman–Crippen MR) is 104 cm³/mol. The molecule has 1 aromatic rings. The van der Waals surface area contributed by atoms with E-state index in [-0.39, 0.29) is 23.3 Å². The van der Waals surface area contributed by atoms with Crippen molar-refractivity contribution in [2.45, 2.75) is 68.9 Å². The number of carbonyl (C=O) groups excluding carboxylic acids is 2. The van der Waals surface area contributed by atoms with Gasteiger partial charge in [0.2, 0.25) is 10.0 Å². The van der Waals surface area contributed by atoms with Crippen molar-refractivity contribution in [2.75, 3.05) is 13.1 Å². The fraction of sp³-hybridized carbons (Fsp3) is 0.600. The third-order valence-corrected chi connectivity index (χ3v) is 7.01. The molecule has 1 aliphatic carbocycles. The van der Waals surface area contributed by atoms with Crippen molar-refractivity contribution in [2.24, 2.45) is 0 Å². The van der Waals surface area contributed by atoms with Crippen LogP contribution in [0.2, 0.25) is 0 Å². The molecule has 1 N–H and O–H groups in total. The predicted octanol–water partition coefficient (Wildman–Crippen LogP) is 2.00. The second-order valence-electron chi connectivity index (χ2n) is 7.52. The maximum atomic E-state index is 12.6. The smallest absolute Gasteiger partial charge is 0.306 e. The number of sulfonamides is 1. The summed E-state index contributed by atoms with van der Waals surface area (Å²) in [6, 6.07) is 6.88. The number of piperidine rings is 1. The van der Waals surface area contributed by atoms with E-state index in [2.05, 4.69) is 5.32 Å². The van der Waals surface area contributed by atoms with Gasteiger partial charge in [0.1, 0.15) is 0 Å². The van der Waals surface area contributed by atoms with Crippen LogP contribution in [0.3, 0.4) is 0 Å². The molecule has 1 amide bonds. The summed E-state index contributed by atoms with van der Waals surface area (Å²) >= 11 is 0. The summed E-state index contributed by atoms with van der Waals surface area (Å²) < 4.78 is 32.0. The highest BCUT2D eigenvalue weighted by Crippen LogP contribution is 2.21. The fourth-order valence-electron chi connectivity index (χ4n) is 3.18. The number of hydrogen-bond acceptors (Lipinski definition) is 5. The first-order chi connectivity index (χ1) is 13.4. The van der Waals surface area contributed by atoms with Crippen molar-refractivity contribution >= 4 is 21.9 Å². The fourth-order valence-corrected chi connectivity index (χ4v) is 4.70. The lowest BCUT2D eigenvalue weighted by atomic mass is 10.1. The second kappa shape index (κ2) is 9.05. The lowest BCUT2D eigenvalue weighted by Crippen LogP contribution is -2.37. The van der Waals surface area contributed by atoms with E-state index in [1.807, 2.05) is 0 Å². The lowest BCUT2D eigenvalue weighted by Gasteiger charge is -2.25. The first-order valence-electron chi connectivity index (χ1n) is 9.95. The Labute approximate surface area is 166 Å². The number of hydrogen-bond donors (Lipinski definition) is 1. The van der Waals surface area contributed by atoms with E-state index in [0.29, 0.717) is 19.5 Å². The van der Waals surface area contributed by atoms with Crippen molar-refractivity contribution in [3.63, 3.8) is 0 Å². The SMILES string of the molecule is C[C@H](OC(=O)CCc1ccc(S(=O)(=O)N2CCCCC2)cc1)C(=O)NC1CC1. The van der Waals surface area contributed by atoms with E-state index in [9.17, 15) is 18.0 Å². The highest BCUT2D eigenvalue weighted by atomic mass is 32.2. The molecule has 1 aliphatic heterocycles. The van der Waals surface area contributed by atoms with E-state index in [0.717, 1.165) is 37.7 Å². The summed E-state index contributed by atoms with van der Waals surface area (Å²) in [6.07, 6.45) is 4.60. The molecule has 0 aromatic heterocycles. The highest BCUT2D eigenvalue weighted by molar-refractivity contribution is 7.89. The summed E-state index contributed by atoms with van der Waals surface area (Å²) in [4.78, 5) is 24.1. The van der Waals surface area contributed by atoms with Crippen LogP contribution in [0.1, 0.15) is 51.0 Å². The minimum absolute atomic E-state index is 0.138. The number of rotatable bonds is 8. The Morgan fingerprint density at radius 2 is 1.79 bits per heavy atom. The van der Waals surface area contributed by atoms with Gasteiger partial charge in [0.25, 0.3) is 5.91 Å². The van der Waals surface area contributed by atoms with Crippen molar-refractivity contribution in [3.05, 3.63) is 29.8 Å². The first-order valence-corrected chi connectivity index (χ1v) is 11.4. The summed E-state index contributed by atoms with van der Waals surface area (Å²) in [5.41, 5.74) is 0.852. The standard InChI is InChI=1S/C20H28N2O5S/c1-15(20(24)21-17-8-9-17)27-19(23)12-7-16-5-10-18(11-6-16)28(25,26)22-13-3-2-4-14-22/h5-6,10-11,15,17H,2-4,7-9,12-14H2,1H3,(H,21,24)/t15-/m0/s1. The van der Waals surface area contributed by atoms with Gasteiger partial charge >= 0.3 is 5.97 Å². The number of benzene rings is 1. The van der Waals surface area contributed by atoms with E-state index in [1.165, 1.54) is 4.31 Å². The number of amides is 1. The molecule has 2 aliphatic rings. The maximum absolute atomic E-state index is 12.6. The number of nitrogens with one attached hydrogen (secondary N) is 1. The zero-order chi connectivity index (χ0) is 20.1. The van der Waals surface area contributed by atoms with Crippen LogP contribution in [0.25, 0.3) is 0 Å². The Kier molecular flexibility index (Phi) is 6.72. The molecule has 1 atom stereocenters. The molecule has 8 heteroatoms. The third kappa shape index (κ3) is 5.54. The Bertz CT molecular complexity index is 796. The molecule has 2 fully saturated rings. The maximum Gasteiger partial charge on any atom is 0.306 e. The molecule has 1 heterocycles. The molecule has 28 heavy (non-hydrogen) atoms. The van der Waals surface area contributed by atoms with Gasteiger partial charge in [0, 0.05) is 25.6 Å². The van der Waals surface area contributed by atoms with Crippen molar-refractivity contribution < 1.29 is 22.7 Å². The zero-order valence-corrected chi connectivity index (χ0v) is 17.0. The molecular weight excluding hydrogens is 380 g/mol. The summed E-state index contributed by atoms with van der Waals surface area (Å²) in [7, 11) is -3.44. The number of carbonyl (C=O) groups is 2. The molecule has 0 bridgehead atoms. The topological polar surface area (TPSA) is 92.8 Å². The van der Waals surface area contributed by atoms with E-state index in [4.69, 9.17) is 4.74 Å². The van der Waals surface area contributed by atoms with E-state index in [1.54, 1.807) is 31.2 Å². The Morgan fingerprint density at radius 3 is 2.39 bits per heavy atom. The normalized spacial score (nSPS) is 19.0. The summed E-state index contributed by atoms with van der Waals surface area (Å²) in [5.74, 6) is -0.702. The molecule has 1 aromatic carbocycles. The Balaban J connectivity index is 1.48. The van der Waals surface area contributed by atoms with Gasteiger partial charge in [-0.2, -0.15) is 4.31 Å². The number of ether oxygens (including phenoxy) is 1. The minimum atomic E-state index is -3.44. The molecule has 0 radical (unpaired) electrons. The van der Waals surface area contributed by atoms with Gasteiger partial charge in [-0.25, -0.2) is 8.42 Å². The Hall–Kier alpha value is -1.93. The molecule has 154 valence electrons. The van der Waals surface area contributed by atoms with E-state index < -0.39 is 22.1 Å². The van der Waals surface area contributed by atoms with Crippen LogP contribution in [0.15, 0.2) is 29.2 Å². The van der Waals surface area contributed by atoms with Gasteiger partial charge in [-0.15, -0.1) is 0 Å². The summed E-state index contributed by atoms with van der Waals surface area (Å²) in [5, 5.41) is 2.80. The molecule has 7 nitrogen and oxygen atoms in total. The molecular formula is C20H28N2O5S. The van der Waals surface area contributed by atoms with Crippen molar-refractivity contribution in [1.29, 1.82) is 0 Å². The lowest BCUT2D eigenvalue weighted by molar-refractivity contribution is -0.154. The van der Waals surface area contributed by atoms with Gasteiger partial charge in [-0.1, -0.05) is 18.6 Å². The average molecular weight is 409 g/mol. The van der Waals surface area contributed by atoms with Crippen molar-refractivity contribution in [1.82, 2.24) is 9.62 Å². The largest absolute Gasteiger partial charge is 0.453 e. The monoisotopic (exact) mass is 408 g/mol. The number of nitrogens with zero attached hydrogens (tertiary/aromatic N) is 1. The van der Waals surface area contributed by atoms with Gasteiger partial charge in [-0.3, -0.25) is 9.59 Å². The highest BCUT2D eigenvalue weighted by Gasteiger charge is 2.27. The van der Waals surface area contributed by atoms with Crippen LogP contribution in [-0.4, -0.2) is 49.8 Å². The van der Waals surface area contributed by atoms with Crippen LogP contribution in [0.4, 0.5) is 0 Å². The molecule has 3 rings (SSSR count). The second-order valence-corrected chi connectivity index (χ2v) is 9.46. The van der Waals surface area contributed by atoms with Crippen LogP contribution < -0.4 is 5.32 Å². The summed E-state index contributed by atoms with van der Waals surface area (Å²) in [6.45, 7) is 2.71. The molecule has 1 saturated heterocycles. The zero-order valence-electron chi connectivity index (χ0n) is 16.2. The first kappa shape index (κ1) is 20.8. The number of esters is 1. The molecule has 0 spiro atoms. The molecule has 1 saturated carbocycles. The molecule has 0 unspecified atom stereocenters. The third-order valence-electron chi connectivity index (χ3n) is 5.10. The quantitative estimate of drug-likeness (QED) is 0.664. The average Bonchev–Trinajstić information content (AvgIpc) is 3.51. The van der Waals surface area contributed by atoms with Gasteiger partial charge in [0.15, 0.2) is 6.10 Å². The van der Waals surface area contributed by atoms with Crippen LogP contribution in [0.5, 0.6) is 0 Å². The van der Waals surface area contributed by atoms with Gasteiger partial charge in [-0.05, 0) is 56.7 Å². The van der Waals surface area contributed by atoms with Crippen LogP contribution >= 0.6 is 0 Å².